The predicted molar refractivity (Wildman–Crippen MR) is 168 cm³/mol. The van der Waals surface area contributed by atoms with Crippen molar-refractivity contribution in [3.63, 3.8) is 0 Å². The lowest BCUT2D eigenvalue weighted by atomic mass is 10.0. The molecule has 1 fully saturated rings. The third kappa shape index (κ3) is 5.71. The van der Waals surface area contributed by atoms with Crippen molar-refractivity contribution in [2.75, 3.05) is 43.1 Å². The summed E-state index contributed by atoms with van der Waals surface area (Å²) in [5.74, 6) is 1.04. The van der Waals surface area contributed by atoms with E-state index in [4.69, 9.17) is 15.5 Å². The number of imidazole rings is 1. The molecule has 0 radical (unpaired) electrons. The van der Waals surface area contributed by atoms with E-state index in [1.807, 2.05) is 59.2 Å². The van der Waals surface area contributed by atoms with Crippen LogP contribution in [-0.4, -0.2) is 53.4 Å². The quantitative estimate of drug-likeness (QED) is 0.233. The monoisotopic (exact) mass is 550 g/mol. The van der Waals surface area contributed by atoms with Crippen LogP contribution >= 0.6 is 0 Å². The number of para-hydroxylation sites is 1. The lowest BCUT2D eigenvalue weighted by Crippen LogP contribution is -2.36. The van der Waals surface area contributed by atoms with Crippen molar-refractivity contribution in [1.29, 1.82) is 0 Å². The summed E-state index contributed by atoms with van der Waals surface area (Å²) < 4.78 is 7.38. The Kier molecular flexibility index (Phi) is 7.76. The van der Waals surface area contributed by atoms with Gasteiger partial charge in [-0.05, 0) is 42.2 Å². The molecule has 3 aromatic carbocycles. The van der Waals surface area contributed by atoms with Crippen LogP contribution in [0.5, 0.6) is 0 Å². The topological polar surface area (TPSA) is 101 Å². The van der Waals surface area contributed by atoms with E-state index >= 15 is 0 Å². The molecule has 1 aliphatic heterocycles. The van der Waals surface area contributed by atoms with E-state index in [0.717, 1.165) is 71.6 Å². The second-order valence-corrected chi connectivity index (χ2v) is 11.3. The number of nitrogens with zero attached hydrogens (tertiary/aromatic N) is 3. The molecule has 8 heteroatoms. The van der Waals surface area contributed by atoms with Crippen LogP contribution in [0.15, 0.2) is 77.6 Å². The van der Waals surface area contributed by atoms with Crippen molar-refractivity contribution >= 4 is 33.3 Å². The fourth-order valence-corrected chi connectivity index (χ4v) is 5.79. The molecular weight excluding hydrogens is 512 g/mol. The van der Waals surface area contributed by atoms with Crippen LogP contribution in [0.2, 0.25) is 0 Å². The van der Waals surface area contributed by atoms with Crippen molar-refractivity contribution in [3.8, 4) is 11.4 Å². The molecule has 5 aromatic rings. The molecule has 0 spiro atoms. The summed E-state index contributed by atoms with van der Waals surface area (Å²) in [5, 5.41) is 4.54. The number of hydrogen-bond acceptors (Lipinski definition) is 6. The molecule has 0 saturated carbocycles. The molecule has 41 heavy (non-hydrogen) atoms. The highest BCUT2D eigenvalue weighted by Crippen LogP contribution is 2.33. The van der Waals surface area contributed by atoms with E-state index in [9.17, 15) is 4.79 Å². The van der Waals surface area contributed by atoms with Crippen LogP contribution < -0.4 is 21.5 Å². The number of morpholine rings is 1. The van der Waals surface area contributed by atoms with Gasteiger partial charge in [-0.25, -0.2) is 4.98 Å². The molecular formula is C33H38N6O2. The summed E-state index contributed by atoms with van der Waals surface area (Å²) in [6.45, 7) is 8.51. The highest BCUT2D eigenvalue weighted by atomic mass is 16.5. The van der Waals surface area contributed by atoms with Crippen LogP contribution in [0.3, 0.4) is 0 Å². The van der Waals surface area contributed by atoms with Gasteiger partial charge in [0.1, 0.15) is 11.4 Å². The number of aromatic amines is 1. The number of rotatable bonds is 9. The Bertz CT molecular complexity index is 1700. The highest BCUT2D eigenvalue weighted by molar-refractivity contribution is 5.99. The maximum Gasteiger partial charge on any atom is 0.264 e. The number of anilines is 2. The van der Waals surface area contributed by atoms with Crippen LogP contribution in [0, 0.1) is 5.92 Å². The summed E-state index contributed by atoms with van der Waals surface area (Å²) in [6, 6.07) is 24.3. The Hall–Kier alpha value is -4.14. The van der Waals surface area contributed by atoms with Gasteiger partial charge in [-0.3, -0.25) is 4.79 Å². The maximum absolute atomic E-state index is 14.4. The number of hydrogen-bond donors (Lipinski definition) is 3. The van der Waals surface area contributed by atoms with Crippen LogP contribution in [0.25, 0.3) is 33.3 Å². The highest BCUT2D eigenvalue weighted by Gasteiger charge is 2.22. The van der Waals surface area contributed by atoms with E-state index in [1.54, 1.807) is 0 Å². The van der Waals surface area contributed by atoms with Crippen molar-refractivity contribution in [2.45, 2.75) is 32.9 Å². The zero-order valence-corrected chi connectivity index (χ0v) is 23.8. The third-order valence-corrected chi connectivity index (χ3v) is 7.75. The van der Waals surface area contributed by atoms with Gasteiger partial charge in [0.15, 0.2) is 0 Å². The Morgan fingerprint density at radius 3 is 2.56 bits per heavy atom. The van der Waals surface area contributed by atoms with Crippen molar-refractivity contribution in [2.24, 2.45) is 11.7 Å². The number of fused-ring (bicyclic) bond motifs is 2. The second-order valence-electron chi connectivity index (χ2n) is 11.3. The summed E-state index contributed by atoms with van der Waals surface area (Å²) in [7, 11) is 0. The Labute approximate surface area is 240 Å². The van der Waals surface area contributed by atoms with Gasteiger partial charge in [0.2, 0.25) is 0 Å². The lowest BCUT2D eigenvalue weighted by Gasteiger charge is -2.28. The average Bonchev–Trinajstić information content (AvgIpc) is 3.41. The van der Waals surface area contributed by atoms with E-state index < -0.39 is 0 Å². The molecule has 0 bridgehead atoms. The first-order valence-corrected chi connectivity index (χ1v) is 14.5. The predicted octanol–water partition coefficient (Wildman–Crippen LogP) is 5.22. The van der Waals surface area contributed by atoms with Gasteiger partial charge >= 0.3 is 0 Å². The number of nitrogens with one attached hydrogen (secondary N) is 2. The van der Waals surface area contributed by atoms with E-state index in [2.05, 4.69) is 47.2 Å². The molecule has 1 saturated heterocycles. The molecule has 0 unspecified atom stereocenters. The summed E-state index contributed by atoms with van der Waals surface area (Å²) in [5.41, 5.74) is 12.5. The average molecular weight is 551 g/mol. The number of H-pyrrole nitrogens is 1. The fraction of sp³-hybridized carbons (Fsp3) is 0.333. The molecule has 0 aliphatic carbocycles. The van der Waals surface area contributed by atoms with Crippen LogP contribution in [0.4, 0.5) is 11.4 Å². The zero-order chi connectivity index (χ0) is 28.3. The molecule has 8 nitrogen and oxygen atoms in total. The minimum atomic E-state index is -0.0973. The third-order valence-electron chi connectivity index (χ3n) is 7.75. The van der Waals surface area contributed by atoms with Gasteiger partial charge in [0, 0.05) is 36.7 Å². The van der Waals surface area contributed by atoms with Crippen LogP contribution in [0.1, 0.15) is 25.8 Å². The number of ether oxygens (including phenoxy) is 1. The first-order valence-electron chi connectivity index (χ1n) is 14.5. The normalized spacial score (nSPS) is 14.7. The molecule has 1 aliphatic rings. The number of pyridine rings is 1. The van der Waals surface area contributed by atoms with Crippen molar-refractivity contribution in [3.05, 3.63) is 88.7 Å². The van der Waals surface area contributed by atoms with Gasteiger partial charge < -0.3 is 30.2 Å². The van der Waals surface area contributed by atoms with E-state index in [-0.39, 0.29) is 11.6 Å². The summed E-state index contributed by atoms with van der Waals surface area (Å²) >= 11 is 0. The minimum absolute atomic E-state index is 0.0416. The summed E-state index contributed by atoms with van der Waals surface area (Å²) in [4.78, 5) is 25.2. The largest absolute Gasteiger partial charge is 0.382 e. The fourth-order valence-electron chi connectivity index (χ4n) is 5.79. The van der Waals surface area contributed by atoms with E-state index in [0.29, 0.717) is 30.4 Å². The molecule has 1 atom stereocenters. The Morgan fingerprint density at radius 2 is 1.78 bits per heavy atom. The van der Waals surface area contributed by atoms with Gasteiger partial charge in [-0.2, -0.15) is 0 Å². The molecule has 0 amide bonds. The Morgan fingerprint density at radius 1 is 1.02 bits per heavy atom. The molecule has 4 N–H and O–H groups in total. The van der Waals surface area contributed by atoms with Gasteiger partial charge in [-0.15, -0.1) is 0 Å². The number of aromatic nitrogens is 3. The van der Waals surface area contributed by atoms with Crippen molar-refractivity contribution < 1.29 is 4.74 Å². The van der Waals surface area contributed by atoms with Crippen molar-refractivity contribution in [1.82, 2.24) is 14.5 Å². The van der Waals surface area contributed by atoms with Gasteiger partial charge in [-0.1, -0.05) is 62.4 Å². The smallest absolute Gasteiger partial charge is 0.264 e. The number of benzene rings is 3. The minimum Gasteiger partial charge on any atom is -0.382 e. The maximum atomic E-state index is 14.4. The molecule has 6 rings (SSSR count). The molecule has 212 valence electrons. The first kappa shape index (κ1) is 27.1. The second kappa shape index (κ2) is 11.8. The zero-order valence-electron chi connectivity index (χ0n) is 23.8. The first-order chi connectivity index (χ1) is 20.0. The van der Waals surface area contributed by atoms with Crippen LogP contribution in [-0.2, 0) is 11.3 Å². The SMILES string of the molecule is CC(C)C[C@H](N)CNc1c(-c2nc3ccc(N4CCOCC4)cc3[nH]2)c(=O)n(Cc2ccccc2)c2ccccc12. The van der Waals surface area contributed by atoms with E-state index in [1.165, 1.54) is 0 Å². The summed E-state index contributed by atoms with van der Waals surface area (Å²) in [6.07, 6.45) is 0.889. The standard InChI is InChI=1S/C33H38N6O2/c1-22(2)18-24(34)20-35-31-26-10-6-7-11-29(26)39(21-23-8-4-3-5-9-23)33(40)30(31)32-36-27-13-12-25(19-28(27)37-32)38-14-16-41-17-15-38/h3-13,19,22,24,35H,14-18,20-21,34H2,1-2H3,(H,36,37)/t24-/m0/s1. The Balaban J connectivity index is 1.50. The number of nitrogens with two attached hydrogens (primary N) is 1. The molecule has 3 heterocycles. The van der Waals surface area contributed by atoms with Gasteiger partial charge in [0.05, 0.1) is 42.0 Å². The lowest BCUT2D eigenvalue weighted by molar-refractivity contribution is 0.122. The van der Waals surface area contributed by atoms with Gasteiger partial charge in [0.25, 0.3) is 5.56 Å². The molecule has 2 aromatic heterocycles.